The van der Waals surface area contributed by atoms with E-state index in [1.54, 1.807) is 0 Å². The van der Waals surface area contributed by atoms with Gasteiger partial charge in [0.1, 0.15) is 5.78 Å². The van der Waals surface area contributed by atoms with Crippen LogP contribution in [-0.2, 0) is 9.59 Å². The van der Waals surface area contributed by atoms with Gasteiger partial charge in [0.15, 0.2) is 0 Å². The summed E-state index contributed by atoms with van der Waals surface area (Å²) in [6, 6.07) is 0. The van der Waals surface area contributed by atoms with Gasteiger partial charge in [-0.2, -0.15) is 0 Å². The Morgan fingerprint density at radius 3 is 2.17 bits per heavy atom. The van der Waals surface area contributed by atoms with E-state index >= 15 is 0 Å². The van der Waals surface area contributed by atoms with Crippen molar-refractivity contribution in [1.29, 1.82) is 0 Å². The Balaban J connectivity index is 2.78. The normalized spacial score (nSPS) is 21.5. The quantitative estimate of drug-likeness (QED) is 0.624. The number of hydrogen-bond donors (Lipinski definition) is 2. The Bertz CT molecular complexity index is 220. The topological polar surface area (TPSA) is 80.4 Å². The molecule has 1 atom stereocenters. The van der Waals surface area contributed by atoms with Gasteiger partial charge in [0.25, 0.3) is 0 Å². The van der Waals surface area contributed by atoms with E-state index in [2.05, 4.69) is 0 Å². The van der Waals surface area contributed by atoms with E-state index < -0.39 is 17.3 Å². The molecule has 0 spiro atoms. The summed E-state index contributed by atoms with van der Waals surface area (Å²) in [4.78, 5) is 21.8. The van der Waals surface area contributed by atoms with Gasteiger partial charge < -0.3 is 10.8 Å². The first-order chi connectivity index (χ1) is 5.54. The van der Waals surface area contributed by atoms with Gasteiger partial charge >= 0.3 is 5.97 Å². The average molecular weight is 171 g/mol. The highest BCUT2D eigenvalue weighted by molar-refractivity contribution is 5.90. The van der Waals surface area contributed by atoms with Crippen molar-refractivity contribution in [1.82, 2.24) is 0 Å². The number of hydrogen-bond acceptors (Lipinski definition) is 3. The SMILES string of the molecule is CC(=O)C1(C(CN)C(=O)O)CC1. The van der Waals surface area contributed by atoms with Crippen LogP contribution < -0.4 is 5.73 Å². The van der Waals surface area contributed by atoms with Crippen LogP contribution in [0.25, 0.3) is 0 Å². The molecule has 0 aromatic carbocycles. The Morgan fingerprint density at radius 2 is 2.08 bits per heavy atom. The average Bonchev–Trinajstić information content (AvgIpc) is 2.69. The third-order valence-electron chi connectivity index (χ3n) is 2.69. The van der Waals surface area contributed by atoms with E-state index in [0.29, 0.717) is 12.8 Å². The summed E-state index contributed by atoms with van der Waals surface area (Å²) in [5, 5.41) is 8.77. The first-order valence-electron chi connectivity index (χ1n) is 3.98. The lowest BCUT2D eigenvalue weighted by atomic mass is 9.86. The second-order valence-electron chi connectivity index (χ2n) is 3.34. The molecular weight excluding hydrogens is 158 g/mol. The van der Waals surface area contributed by atoms with Crippen molar-refractivity contribution in [2.45, 2.75) is 19.8 Å². The molecule has 0 aromatic rings. The number of aliphatic carboxylic acids is 1. The van der Waals surface area contributed by atoms with Gasteiger partial charge in [-0.05, 0) is 19.8 Å². The predicted molar refractivity (Wildman–Crippen MR) is 42.5 cm³/mol. The Morgan fingerprint density at radius 1 is 1.58 bits per heavy atom. The van der Waals surface area contributed by atoms with Crippen molar-refractivity contribution in [2.75, 3.05) is 6.54 Å². The van der Waals surface area contributed by atoms with Crippen LogP contribution in [0.1, 0.15) is 19.8 Å². The Kier molecular flexibility index (Phi) is 2.19. The molecule has 1 saturated carbocycles. The molecule has 1 rings (SSSR count). The lowest BCUT2D eigenvalue weighted by Gasteiger charge is -2.18. The molecule has 0 saturated heterocycles. The molecule has 68 valence electrons. The first kappa shape index (κ1) is 9.19. The molecular formula is C8H13NO3. The van der Waals surface area contributed by atoms with Gasteiger partial charge in [0.05, 0.1) is 5.92 Å². The second kappa shape index (κ2) is 2.86. The summed E-state index contributed by atoms with van der Waals surface area (Å²) in [5.41, 5.74) is 4.68. The highest BCUT2D eigenvalue weighted by Gasteiger charge is 2.55. The Hall–Kier alpha value is -0.900. The molecule has 0 heterocycles. The minimum absolute atomic E-state index is 0.0413. The van der Waals surface area contributed by atoms with Gasteiger partial charge in [-0.1, -0.05) is 0 Å². The summed E-state index contributed by atoms with van der Waals surface area (Å²) in [6.45, 7) is 1.49. The fourth-order valence-corrected chi connectivity index (χ4v) is 1.64. The fourth-order valence-electron chi connectivity index (χ4n) is 1.64. The van der Waals surface area contributed by atoms with Crippen LogP contribution in [0.4, 0.5) is 0 Å². The number of carbonyl (C=O) groups is 2. The maximum atomic E-state index is 11.1. The summed E-state index contributed by atoms with van der Waals surface area (Å²) < 4.78 is 0. The van der Waals surface area contributed by atoms with Crippen LogP contribution in [-0.4, -0.2) is 23.4 Å². The molecule has 0 aliphatic heterocycles. The smallest absolute Gasteiger partial charge is 0.308 e. The summed E-state index contributed by atoms with van der Waals surface area (Å²) in [6.07, 6.45) is 1.35. The molecule has 1 unspecified atom stereocenters. The van der Waals surface area contributed by atoms with Gasteiger partial charge in [0.2, 0.25) is 0 Å². The third-order valence-corrected chi connectivity index (χ3v) is 2.69. The number of carbonyl (C=O) groups excluding carboxylic acids is 1. The van der Waals surface area contributed by atoms with Gasteiger partial charge in [-0.25, -0.2) is 0 Å². The van der Waals surface area contributed by atoms with Crippen molar-refractivity contribution in [2.24, 2.45) is 17.1 Å². The zero-order valence-corrected chi connectivity index (χ0v) is 7.04. The van der Waals surface area contributed by atoms with E-state index in [1.807, 2.05) is 0 Å². The van der Waals surface area contributed by atoms with Crippen LogP contribution in [0.5, 0.6) is 0 Å². The van der Waals surface area contributed by atoms with E-state index in [1.165, 1.54) is 6.92 Å². The number of carboxylic acids is 1. The molecule has 1 aliphatic rings. The molecule has 4 heteroatoms. The number of carboxylic acid groups (broad SMARTS) is 1. The van der Waals surface area contributed by atoms with Gasteiger partial charge in [-0.15, -0.1) is 0 Å². The zero-order valence-electron chi connectivity index (χ0n) is 7.04. The third kappa shape index (κ3) is 1.22. The molecule has 1 fully saturated rings. The standard InChI is InChI=1S/C8H13NO3/c1-5(10)8(2-3-8)6(4-9)7(11)12/h6H,2-4,9H2,1H3,(H,11,12). The minimum Gasteiger partial charge on any atom is -0.481 e. The number of ketones is 1. The monoisotopic (exact) mass is 171 g/mol. The van der Waals surface area contributed by atoms with Crippen LogP contribution in [0.15, 0.2) is 0 Å². The van der Waals surface area contributed by atoms with Crippen LogP contribution in [0.2, 0.25) is 0 Å². The molecule has 0 bridgehead atoms. The molecule has 0 amide bonds. The molecule has 0 aromatic heterocycles. The second-order valence-corrected chi connectivity index (χ2v) is 3.34. The number of rotatable bonds is 4. The predicted octanol–water partition coefficient (Wildman–Crippen LogP) is 0.0151. The lowest BCUT2D eigenvalue weighted by molar-refractivity contribution is -0.147. The van der Waals surface area contributed by atoms with E-state index in [4.69, 9.17) is 10.8 Å². The van der Waals surface area contributed by atoms with Crippen LogP contribution in [0, 0.1) is 11.3 Å². The molecule has 1 aliphatic carbocycles. The summed E-state index contributed by atoms with van der Waals surface area (Å²) in [5.74, 6) is -1.68. The highest BCUT2D eigenvalue weighted by Crippen LogP contribution is 2.52. The molecule has 3 N–H and O–H groups in total. The van der Waals surface area contributed by atoms with Crippen LogP contribution >= 0.6 is 0 Å². The fraction of sp³-hybridized carbons (Fsp3) is 0.750. The van der Waals surface area contributed by atoms with Crippen molar-refractivity contribution in [3.63, 3.8) is 0 Å². The number of Topliss-reactive ketones (excluding diaryl/α,β-unsaturated/α-hetero) is 1. The highest BCUT2D eigenvalue weighted by atomic mass is 16.4. The van der Waals surface area contributed by atoms with E-state index in [-0.39, 0.29) is 12.3 Å². The zero-order chi connectivity index (χ0) is 9.35. The van der Waals surface area contributed by atoms with Crippen molar-refractivity contribution in [3.05, 3.63) is 0 Å². The lowest BCUT2D eigenvalue weighted by Crippen LogP contribution is -2.35. The van der Waals surface area contributed by atoms with Crippen LogP contribution in [0.3, 0.4) is 0 Å². The molecule has 12 heavy (non-hydrogen) atoms. The van der Waals surface area contributed by atoms with Crippen molar-refractivity contribution in [3.8, 4) is 0 Å². The van der Waals surface area contributed by atoms with Gasteiger partial charge in [0, 0.05) is 12.0 Å². The largest absolute Gasteiger partial charge is 0.481 e. The van der Waals surface area contributed by atoms with Gasteiger partial charge in [-0.3, -0.25) is 9.59 Å². The molecule has 4 nitrogen and oxygen atoms in total. The number of nitrogens with two attached hydrogens (primary N) is 1. The van der Waals surface area contributed by atoms with Crippen molar-refractivity contribution >= 4 is 11.8 Å². The summed E-state index contributed by atoms with van der Waals surface area (Å²) in [7, 11) is 0. The minimum atomic E-state index is -0.954. The Labute approximate surface area is 70.7 Å². The van der Waals surface area contributed by atoms with E-state index in [0.717, 1.165) is 0 Å². The first-order valence-corrected chi connectivity index (χ1v) is 3.98. The van der Waals surface area contributed by atoms with E-state index in [9.17, 15) is 9.59 Å². The maximum Gasteiger partial charge on any atom is 0.308 e. The summed E-state index contributed by atoms with van der Waals surface area (Å²) >= 11 is 0. The molecule has 0 radical (unpaired) electrons. The van der Waals surface area contributed by atoms with Crippen molar-refractivity contribution < 1.29 is 14.7 Å². The maximum absolute atomic E-state index is 11.1.